The first-order valence-corrected chi connectivity index (χ1v) is 15.9. The Morgan fingerprint density at radius 2 is 1.58 bits per heavy atom. The number of methoxy groups -OCH3 is 1. The van der Waals surface area contributed by atoms with Crippen LogP contribution in [0.1, 0.15) is 11.1 Å². The standard InChI is InChI=1S/C32H31BrClN3O5S/c1-35-32(39)30(19-23-7-4-3-5-8-23)36(21-24-11-13-25(33)14-12-24)31(38)22-37(27-10-6-9-26(34)20-27)43(40,41)29-17-15-28(42-2)16-18-29/h3-18,20,30H,19,21-22H2,1-2H3,(H,35,39)/t30-/m0/s1. The molecule has 0 heterocycles. The molecule has 4 aromatic carbocycles. The van der Waals surface area contributed by atoms with Crippen LogP contribution in [-0.4, -0.2) is 51.9 Å². The van der Waals surface area contributed by atoms with E-state index in [1.807, 2.05) is 54.6 Å². The van der Waals surface area contributed by atoms with E-state index in [0.29, 0.717) is 10.8 Å². The molecule has 0 fully saturated rings. The number of nitrogens with one attached hydrogen (secondary N) is 1. The Morgan fingerprint density at radius 1 is 0.907 bits per heavy atom. The minimum Gasteiger partial charge on any atom is -0.497 e. The average Bonchev–Trinajstić information content (AvgIpc) is 3.02. The van der Waals surface area contributed by atoms with Crippen LogP contribution in [0.15, 0.2) is 112 Å². The number of rotatable bonds is 12. The molecule has 0 saturated carbocycles. The third-order valence-electron chi connectivity index (χ3n) is 6.81. The fourth-order valence-corrected chi connectivity index (χ4v) is 6.40. The highest BCUT2D eigenvalue weighted by molar-refractivity contribution is 9.10. The molecule has 11 heteroatoms. The van der Waals surface area contributed by atoms with Crippen LogP contribution >= 0.6 is 27.5 Å². The summed E-state index contributed by atoms with van der Waals surface area (Å²) in [5.74, 6) is -0.453. The van der Waals surface area contributed by atoms with Crippen LogP contribution in [0.4, 0.5) is 5.69 Å². The predicted molar refractivity (Wildman–Crippen MR) is 172 cm³/mol. The third-order valence-corrected chi connectivity index (χ3v) is 9.36. The van der Waals surface area contributed by atoms with Gasteiger partial charge in [-0.1, -0.05) is 76.1 Å². The quantitative estimate of drug-likeness (QED) is 0.207. The second-order valence-electron chi connectivity index (χ2n) is 9.63. The maximum absolute atomic E-state index is 14.3. The SMILES string of the molecule is CNC(=O)[C@H](Cc1ccccc1)N(Cc1ccc(Br)cc1)C(=O)CN(c1cccc(Cl)c1)S(=O)(=O)c1ccc(OC)cc1. The summed E-state index contributed by atoms with van der Waals surface area (Å²) in [5, 5.41) is 2.98. The van der Waals surface area contributed by atoms with Gasteiger partial charge >= 0.3 is 0 Å². The van der Waals surface area contributed by atoms with Gasteiger partial charge in [-0.15, -0.1) is 0 Å². The first kappa shape index (κ1) is 32.1. The van der Waals surface area contributed by atoms with Crippen molar-refractivity contribution in [3.05, 3.63) is 124 Å². The largest absolute Gasteiger partial charge is 0.497 e. The molecule has 0 saturated heterocycles. The van der Waals surface area contributed by atoms with Gasteiger partial charge in [0, 0.05) is 29.5 Å². The van der Waals surface area contributed by atoms with Gasteiger partial charge in [-0.3, -0.25) is 13.9 Å². The molecule has 0 radical (unpaired) electrons. The molecule has 1 N–H and O–H groups in total. The Bertz CT molecular complexity index is 1650. The molecule has 4 rings (SSSR count). The summed E-state index contributed by atoms with van der Waals surface area (Å²) in [6, 6.07) is 28.0. The number of likely N-dealkylation sites (N-methyl/N-ethyl adjacent to an activating group) is 1. The highest BCUT2D eigenvalue weighted by atomic mass is 79.9. The lowest BCUT2D eigenvalue weighted by molar-refractivity contribution is -0.139. The lowest BCUT2D eigenvalue weighted by Crippen LogP contribution is -2.53. The number of amides is 2. The van der Waals surface area contributed by atoms with Gasteiger partial charge in [0.25, 0.3) is 10.0 Å². The summed E-state index contributed by atoms with van der Waals surface area (Å²) < 4.78 is 35.1. The molecule has 0 aliphatic carbocycles. The number of ether oxygens (including phenoxy) is 1. The van der Waals surface area contributed by atoms with Gasteiger partial charge in [-0.2, -0.15) is 0 Å². The zero-order valence-electron chi connectivity index (χ0n) is 23.6. The molecule has 43 heavy (non-hydrogen) atoms. The Labute approximate surface area is 265 Å². The second kappa shape index (κ2) is 14.5. The van der Waals surface area contributed by atoms with Crippen molar-refractivity contribution in [2.45, 2.75) is 23.9 Å². The number of sulfonamides is 1. The van der Waals surface area contributed by atoms with E-state index in [4.69, 9.17) is 16.3 Å². The summed E-state index contributed by atoms with van der Waals surface area (Å²) >= 11 is 9.68. The monoisotopic (exact) mass is 683 g/mol. The van der Waals surface area contributed by atoms with Gasteiger partial charge in [0.2, 0.25) is 11.8 Å². The van der Waals surface area contributed by atoms with Crippen molar-refractivity contribution in [2.24, 2.45) is 0 Å². The number of benzene rings is 4. The van der Waals surface area contributed by atoms with Gasteiger partial charge in [-0.05, 0) is 65.7 Å². The van der Waals surface area contributed by atoms with Crippen LogP contribution in [0.3, 0.4) is 0 Å². The lowest BCUT2D eigenvalue weighted by atomic mass is 10.0. The van der Waals surface area contributed by atoms with Crippen molar-refractivity contribution in [3.63, 3.8) is 0 Å². The van der Waals surface area contributed by atoms with Crippen molar-refractivity contribution < 1.29 is 22.7 Å². The molecule has 0 aromatic heterocycles. The van der Waals surface area contributed by atoms with Crippen molar-refractivity contribution in [2.75, 3.05) is 25.0 Å². The maximum Gasteiger partial charge on any atom is 0.264 e. The van der Waals surface area contributed by atoms with Crippen LogP contribution in [0, 0.1) is 0 Å². The number of nitrogens with zero attached hydrogens (tertiary/aromatic N) is 2. The summed E-state index contributed by atoms with van der Waals surface area (Å²) in [4.78, 5) is 29.0. The Morgan fingerprint density at radius 3 is 2.19 bits per heavy atom. The highest BCUT2D eigenvalue weighted by Crippen LogP contribution is 2.28. The van der Waals surface area contributed by atoms with Crippen LogP contribution < -0.4 is 14.4 Å². The smallest absolute Gasteiger partial charge is 0.264 e. The number of hydrogen-bond donors (Lipinski definition) is 1. The molecule has 224 valence electrons. The third kappa shape index (κ3) is 8.16. The van der Waals surface area contributed by atoms with E-state index in [1.165, 1.54) is 49.4 Å². The molecule has 0 spiro atoms. The van der Waals surface area contributed by atoms with Crippen LogP contribution in [0.25, 0.3) is 0 Å². The fourth-order valence-electron chi connectivity index (χ4n) is 4.54. The van der Waals surface area contributed by atoms with Crippen LogP contribution in [0.5, 0.6) is 5.75 Å². The summed E-state index contributed by atoms with van der Waals surface area (Å²) in [5.41, 5.74) is 1.83. The summed E-state index contributed by atoms with van der Waals surface area (Å²) in [6.45, 7) is -0.503. The van der Waals surface area contributed by atoms with E-state index in [2.05, 4.69) is 21.2 Å². The minimum absolute atomic E-state index is 0.0346. The van der Waals surface area contributed by atoms with Crippen molar-refractivity contribution in [1.29, 1.82) is 0 Å². The van der Waals surface area contributed by atoms with Crippen molar-refractivity contribution in [3.8, 4) is 5.75 Å². The van der Waals surface area contributed by atoms with E-state index in [9.17, 15) is 18.0 Å². The van der Waals surface area contributed by atoms with E-state index in [-0.39, 0.29) is 29.5 Å². The van der Waals surface area contributed by atoms with Crippen LogP contribution in [-0.2, 0) is 32.6 Å². The lowest BCUT2D eigenvalue weighted by Gasteiger charge is -2.33. The van der Waals surface area contributed by atoms with Gasteiger partial charge in [0.15, 0.2) is 0 Å². The molecule has 0 unspecified atom stereocenters. The highest BCUT2D eigenvalue weighted by Gasteiger charge is 2.34. The predicted octanol–water partition coefficient (Wildman–Crippen LogP) is 5.69. The first-order chi connectivity index (χ1) is 20.6. The zero-order valence-corrected chi connectivity index (χ0v) is 26.8. The number of halogens is 2. The first-order valence-electron chi connectivity index (χ1n) is 13.3. The van der Waals surface area contributed by atoms with E-state index >= 15 is 0 Å². The van der Waals surface area contributed by atoms with Crippen molar-refractivity contribution in [1.82, 2.24) is 10.2 Å². The zero-order chi connectivity index (χ0) is 31.0. The molecule has 1 atom stereocenters. The molecule has 0 bridgehead atoms. The minimum atomic E-state index is -4.25. The molecule has 8 nitrogen and oxygen atoms in total. The molecule has 4 aromatic rings. The van der Waals surface area contributed by atoms with Gasteiger partial charge in [-0.25, -0.2) is 8.42 Å². The Kier molecular flexibility index (Phi) is 10.8. The van der Waals surface area contributed by atoms with E-state index in [0.717, 1.165) is 19.9 Å². The number of carbonyl (C=O) groups excluding carboxylic acids is 2. The topological polar surface area (TPSA) is 96.0 Å². The van der Waals surface area contributed by atoms with E-state index < -0.39 is 28.5 Å². The van der Waals surface area contributed by atoms with Crippen LogP contribution in [0.2, 0.25) is 5.02 Å². The number of carbonyl (C=O) groups is 2. The summed E-state index contributed by atoms with van der Waals surface area (Å²) in [6.07, 6.45) is 0.227. The fraction of sp³-hybridized carbons (Fsp3) is 0.188. The van der Waals surface area contributed by atoms with Gasteiger partial charge < -0.3 is 15.0 Å². The molecule has 0 aliphatic heterocycles. The number of hydrogen-bond acceptors (Lipinski definition) is 5. The molecule has 0 aliphatic rings. The molecular weight excluding hydrogens is 654 g/mol. The normalized spacial score (nSPS) is 11.8. The average molecular weight is 685 g/mol. The van der Waals surface area contributed by atoms with E-state index in [1.54, 1.807) is 18.2 Å². The van der Waals surface area contributed by atoms with Gasteiger partial charge in [0.1, 0.15) is 18.3 Å². The maximum atomic E-state index is 14.3. The summed E-state index contributed by atoms with van der Waals surface area (Å²) in [7, 11) is -1.25. The Hall–Kier alpha value is -3.86. The number of anilines is 1. The van der Waals surface area contributed by atoms with Crippen molar-refractivity contribution >= 4 is 55.1 Å². The molecular formula is C32H31BrClN3O5S. The second-order valence-corrected chi connectivity index (χ2v) is 12.8. The Balaban J connectivity index is 1.78. The van der Waals surface area contributed by atoms with Gasteiger partial charge in [0.05, 0.1) is 17.7 Å². The molecule has 2 amide bonds.